The summed E-state index contributed by atoms with van der Waals surface area (Å²) in [6.07, 6.45) is -0.391. The van der Waals surface area contributed by atoms with Crippen molar-refractivity contribution in [3.05, 3.63) is 66.2 Å². The summed E-state index contributed by atoms with van der Waals surface area (Å²) in [5, 5.41) is 11.8. The molecule has 5 rings (SSSR count). The zero-order chi connectivity index (χ0) is 25.8. The number of anilines is 1. The molecule has 0 aliphatic carbocycles. The van der Waals surface area contributed by atoms with Crippen LogP contribution in [-0.2, 0) is 6.54 Å². The smallest absolute Gasteiger partial charge is 0.406 e. The molecule has 196 valence electrons. The fourth-order valence-electron chi connectivity index (χ4n) is 5.06. The molecule has 2 aliphatic rings. The van der Waals surface area contributed by atoms with Crippen molar-refractivity contribution in [1.82, 2.24) is 24.6 Å². The van der Waals surface area contributed by atoms with Gasteiger partial charge in [0.1, 0.15) is 5.75 Å². The molecule has 1 N–H and O–H groups in total. The van der Waals surface area contributed by atoms with Gasteiger partial charge in [0.25, 0.3) is 5.91 Å². The van der Waals surface area contributed by atoms with Gasteiger partial charge in [-0.2, -0.15) is 0 Å². The lowest BCUT2D eigenvalue weighted by molar-refractivity contribution is -0.274. The molecule has 0 unspecified atom stereocenters. The topological polar surface area (TPSA) is 75.5 Å². The van der Waals surface area contributed by atoms with Gasteiger partial charge in [0.05, 0.1) is 6.54 Å². The quantitative estimate of drug-likeness (QED) is 0.478. The standard InChI is InChI=1S/C26H29F3N6O2/c27-26(28,29)37-22-12-10-19(11-13-22)30-17-23-31-32-24(35(23)20-7-2-1-3-8-20)25(36)34-16-6-9-21(34)18-33-14-4-5-15-33/h1-3,7-8,10-13,21,30H,4-6,9,14-18H2/t21-/m1/s1. The lowest BCUT2D eigenvalue weighted by Gasteiger charge is -2.28. The van der Waals surface area contributed by atoms with E-state index >= 15 is 0 Å². The minimum atomic E-state index is -4.74. The number of benzene rings is 2. The number of aromatic nitrogens is 3. The second-order valence-electron chi connectivity index (χ2n) is 9.34. The van der Waals surface area contributed by atoms with Gasteiger partial charge >= 0.3 is 6.36 Å². The number of carbonyl (C=O) groups is 1. The lowest BCUT2D eigenvalue weighted by Crippen LogP contribution is -2.43. The zero-order valence-corrected chi connectivity index (χ0v) is 20.3. The number of halogens is 3. The van der Waals surface area contributed by atoms with E-state index in [0.717, 1.165) is 38.2 Å². The summed E-state index contributed by atoms with van der Waals surface area (Å²) in [6.45, 7) is 3.95. The Kier molecular flexibility index (Phi) is 7.31. The van der Waals surface area contributed by atoms with Crippen LogP contribution in [0.5, 0.6) is 5.75 Å². The van der Waals surface area contributed by atoms with Gasteiger partial charge in [0, 0.05) is 30.5 Å². The minimum Gasteiger partial charge on any atom is -0.406 e. The largest absolute Gasteiger partial charge is 0.573 e. The number of alkyl halides is 3. The molecule has 0 saturated carbocycles. The summed E-state index contributed by atoms with van der Waals surface area (Å²) >= 11 is 0. The summed E-state index contributed by atoms with van der Waals surface area (Å²) in [4.78, 5) is 18.1. The van der Waals surface area contributed by atoms with Gasteiger partial charge in [0.2, 0.25) is 5.82 Å². The molecule has 2 fully saturated rings. The molecule has 1 amide bonds. The second-order valence-corrected chi connectivity index (χ2v) is 9.34. The van der Waals surface area contributed by atoms with E-state index < -0.39 is 6.36 Å². The van der Waals surface area contributed by atoms with E-state index in [2.05, 4.69) is 25.2 Å². The highest BCUT2D eigenvalue weighted by Gasteiger charge is 2.34. The Labute approximate surface area is 213 Å². The molecule has 8 nitrogen and oxygen atoms in total. The summed E-state index contributed by atoms with van der Waals surface area (Å²) in [6, 6.07) is 15.0. The number of nitrogens with zero attached hydrogens (tertiary/aromatic N) is 5. The van der Waals surface area contributed by atoms with E-state index in [-0.39, 0.29) is 30.1 Å². The van der Waals surface area contributed by atoms with E-state index in [1.807, 2.05) is 35.2 Å². The van der Waals surface area contributed by atoms with E-state index in [0.29, 0.717) is 18.1 Å². The summed E-state index contributed by atoms with van der Waals surface area (Å²) in [5.41, 5.74) is 1.34. The molecule has 0 spiro atoms. The van der Waals surface area contributed by atoms with Gasteiger partial charge < -0.3 is 19.9 Å². The number of nitrogens with one attached hydrogen (secondary N) is 1. The Balaban J connectivity index is 1.35. The highest BCUT2D eigenvalue weighted by molar-refractivity contribution is 5.92. The van der Waals surface area contributed by atoms with Crippen LogP contribution in [0.25, 0.3) is 5.69 Å². The highest BCUT2D eigenvalue weighted by atomic mass is 19.4. The highest BCUT2D eigenvalue weighted by Crippen LogP contribution is 2.26. The van der Waals surface area contributed by atoms with Crippen molar-refractivity contribution in [3.63, 3.8) is 0 Å². The maximum atomic E-state index is 13.7. The summed E-state index contributed by atoms with van der Waals surface area (Å²) in [5.74, 6) is 0.330. The van der Waals surface area contributed by atoms with Crippen LogP contribution in [0.3, 0.4) is 0 Å². The molecule has 1 atom stereocenters. The number of ether oxygens (including phenoxy) is 1. The molecule has 2 aromatic carbocycles. The fourth-order valence-corrected chi connectivity index (χ4v) is 5.06. The Morgan fingerprint density at radius 1 is 0.973 bits per heavy atom. The first-order valence-electron chi connectivity index (χ1n) is 12.5. The Hall–Kier alpha value is -3.60. The molecule has 3 heterocycles. The van der Waals surface area contributed by atoms with Gasteiger partial charge in [-0.15, -0.1) is 23.4 Å². The van der Waals surface area contributed by atoms with Crippen molar-refractivity contribution in [1.29, 1.82) is 0 Å². The first-order chi connectivity index (χ1) is 17.9. The number of hydrogen-bond acceptors (Lipinski definition) is 6. The summed E-state index contributed by atoms with van der Waals surface area (Å²) in [7, 11) is 0. The van der Waals surface area contributed by atoms with E-state index in [1.165, 1.54) is 37.1 Å². The third kappa shape index (κ3) is 6.04. The lowest BCUT2D eigenvalue weighted by atomic mass is 10.2. The van der Waals surface area contributed by atoms with Gasteiger partial charge in [-0.3, -0.25) is 9.36 Å². The Morgan fingerprint density at radius 3 is 2.41 bits per heavy atom. The molecule has 3 aromatic rings. The average Bonchev–Trinajstić information content (AvgIpc) is 3.65. The molecular weight excluding hydrogens is 485 g/mol. The number of likely N-dealkylation sites (tertiary alicyclic amines) is 2. The number of carbonyl (C=O) groups excluding carboxylic acids is 1. The molecular formula is C26H29F3N6O2. The Morgan fingerprint density at radius 2 is 1.70 bits per heavy atom. The van der Waals surface area contributed by atoms with Crippen molar-refractivity contribution in [2.45, 2.75) is 44.6 Å². The Bertz CT molecular complexity index is 1190. The van der Waals surface area contributed by atoms with Crippen LogP contribution in [0.15, 0.2) is 54.6 Å². The van der Waals surface area contributed by atoms with Crippen LogP contribution >= 0.6 is 0 Å². The maximum Gasteiger partial charge on any atom is 0.573 e. The number of rotatable bonds is 8. The van der Waals surface area contributed by atoms with Crippen LogP contribution in [0.1, 0.15) is 42.1 Å². The van der Waals surface area contributed by atoms with Crippen molar-refractivity contribution in [2.24, 2.45) is 0 Å². The van der Waals surface area contributed by atoms with Gasteiger partial charge in [0.15, 0.2) is 5.82 Å². The first-order valence-corrected chi connectivity index (χ1v) is 12.5. The molecule has 0 bridgehead atoms. The maximum absolute atomic E-state index is 13.7. The predicted molar refractivity (Wildman–Crippen MR) is 132 cm³/mol. The summed E-state index contributed by atoms with van der Waals surface area (Å²) < 4.78 is 43.0. The molecule has 37 heavy (non-hydrogen) atoms. The fraction of sp³-hybridized carbons (Fsp3) is 0.423. The predicted octanol–water partition coefficient (Wildman–Crippen LogP) is 4.48. The zero-order valence-electron chi connectivity index (χ0n) is 20.3. The van der Waals surface area contributed by atoms with E-state index in [4.69, 9.17) is 0 Å². The van der Waals surface area contributed by atoms with Crippen LogP contribution in [0, 0.1) is 0 Å². The number of amides is 1. The average molecular weight is 515 g/mol. The van der Waals surface area contributed by atoms with Crippen LogP contribution in [0.2, 0.25) is 0 Å². The van der Waals surface area contributed by atoms with Gasteiger partial charge in [-0.1, -0.05) is 18.2 Å². The molecule has 2 saturated heterocycles. The third-order valence-electron chi connectivity index (χ3n) is 6.78. The van der Waals surface area contributed by atoms with Gasteiger partial charge in [-0.25, -0.2) is 0 Å². The normalized spacial score (nSPS) is 18.4. The van der Waals surface area contributed by atoms with E-state index in [1.54, 1.807) is 4.57 Å². The van der Waals surface area contributed by atoms with Crippen molar-refractivity contribution >= 4 is 11.6 Å². The second kappa shape index (κ2) is 10.8. The number of hydrogen-bond donors (Lipinski definition) is 1. The number of para-hydroxylation sites is 1. The van der Waals surface area contributed by atoms with Crippen LogP contribution in [0.4, 0.5) is 18.9 Å². The molecule has 2 aliphatic heterocycles. The molecule has 0 radical (unpaired) electrons. The van der Waals surface area contributed by atoms with Crippen molar-refractivity contribution < 1.29 is 22.7 Å². The van der Waals surface area contributed by atoms with Crippen LogP contribution < -0.4 is 10.1 Å². The molecule has 1 aromatic heterocycles. The SMILES string of the molecule is O=C(c1nnc(CNc2ccc(OC(F)(F)F)cc2)n1-c1ccccc1)N1CCC[C@@H]1CN1CCCC1. The van der Waals surface area contributed by atoms with E-state index in [9.17, 15) is 18.0 Å². The minimum absolute atomic E-state index is 0.141. The van der Waals surface area contributed by atoms with Gasteiger partial charge in [-0.05, 0) is 75.2 Å². The van der Waals surface area contributed by atoms with Crippen molar-refractivity contribution in [2.75, 3.05) is 31.5 Å². The molecule has 11 heteroatoms. The monoisotopic (exact) mass is 514 g/mol. The van der Waals surface area contributed by atoms with Crippen LogP contribution in [-0.4, -0.2) is 69.1 Å². The van der Waals surface area contributed by atoms with Crippen molar-refractivity contribution in [3.8, 4) is 11.4 Å². The first kappa shape index (κ1) is 25.1. The third-order valence-corrected chi connectivity index (χ3v) is 6.78.